The summed E-state index contributed by atoms with van der Waals surface area (Å²) in [5.41, 5.74) is 1.08. The van der Waals surface area contributed by atoms with Crippen molar-refractivity contribution in [2.75, 3.05) is 25.6 Å². The number of nitrogens with zero attached hydrogens (tertiary/aromatic N) is 1. The van der Waals surface area contributed by atoms with E-state index in [4.69, 9.17) is 50.0 Å². The van der Waals surface area contributed by atoms with Crippen LogP contribution in [0.2, 0.25) is 10.0 Å². The molecule has 8 nitrogen and oxygen atoms in total. The fourth-order valence-electron chi connectivity index (χ4n) is 2.91. The molecule has 2 aromatic carbocycles. The molecule has 0 spiro atoms. The molecule has 34 heavy (non-hydrogen) atoms. The molecule has 1 aliphatic rings. The maximum absolute atomic E-state index is 12.6. The average Bonchev–Trinajstić information content (AvgIpc) is 3.02. The Bertz CT molecular complexity index is 1170. The fraction of sp³-hybridized carbons (Fsp3) is 0.182. The number of carbonyl (C=O) groups is 3. The number of thiocarbonyl (C=S) groups is 1. The highest BCUT2D eigenvalue weighted by molar-refractivity contribution is 8.26. The summed E-state index contributed by atoms with van der Waals surface area (Å²) in [5, 5.41) is 12.3. The molecule has 178 valence electrons. The van der Waals surface area contributed by atoms with Gasteiger partial charge >= 0.3 is 5.97 Å². The van der Waals surface area contributed by atoms with Crippen LogP contribution < -0.4 is 14.8 Å². The van der Waals surface area contributed by atoms with Gasteiger partial charge in [-0.25, -0.2) is 0 Å². The zero-order chi connectivity index (χ0) is 24.8. The van der Waals surface area contributed by atoms with Crippen molar-refractivity contribution in [3.8, 4) is 11.5 Å². The Labute approximate surface area is 214 Å². The number of hydrogen-bond donors (Lipinski definition) is 2. The van der Waals surface area contributed by atoms with E-state index in [1.165, 1.54) is 12.0 Å². The van der Waals surface area contributed by atoms with Crippen LogP contribution in [0.3, 0.4) is 0 Å². The number of benzene rings is 2. The lowest BCUT2D eigenvalue weighted by Crippen LogP contribution is -2.30. The summed E-state index contributed by atoms with van der Waals surface area (Å²) in [7, 11) is 1.45. The summed E-state index contributed by atoms with van der Waals surface area (Å²) in [6.45, 7) is -0.279. The monoisotopic (exact) mass is 540 g/mol. The highest BCUT2D eigenvalue weighted by atomic mass is 35.5. The van der Waals surface area contributed by atoms with Crippen molar-refractivity contribution in [3.63, 3.8) is 0 Å². The van der Waals surface area contributed by atoms with Crippen molar-refractivity contribution in [3.05, 3.63) is 56.9 Å². The van der Waals surface area contributed by atoms with Crippen molar-refractivity contribution < 1.29 is 29.0 Å². The molecule has 2 amide bonds. The van der Waals surface area contributed by atoms with Gasteiger partial charge in [0, 0.05) is 22.3 Å². The predicted molar refractivity (Wildman–Crippen MR) is 136 cm³/mol. The first-order chi connectivity index (χ1) is 16.2. The van der Waals surface area contributed by atoms with Gasteiger partial charge in [-0.2, -0.15) is 0 Å². The topological polar surface area (TPSA) is 105 Å². The van der Waals surface area contributed by atoms with Gasteiger partial charge in [-0.1, -0.05) is 53.2 Å². The third-order valence-electron chi connectivity index (χ3n) is 4.41. The largest absolute Gasteiger partial charge is 0.493 e. The molecule has 1 saturated heterocycles. The Morgan fingerprint density at radius 2 is 1.88 bits per heavy atom. The number of amides is 2. The molecular formula is C22H18Cl2N2O6S2. The Hall–Kier alpha value is -2.79. The zero-order valence-electron chi connectivity index (χ0n) is 17.7. The highest BCUT2D eigenvalue weighted by Crippen LogP contribution is 2.35. The van der Waals surface area contributed by atoms with Gasteiger partial charge in [0.25, 0.3) is 11.8 Å². The molecular weight excluding hydrogens is 523 g/mol. The van der Waals surface area contributed by atoms with Crippen molar-refractivity contribution in [1.82, 2.24) is 4.90 Å². The van der Waals surface area contributed by atoms with E-state index in [1.807, 2.05) is 0 Å². The number of ether oxygens (including phenoxy) is 2. The Kier molecular flexibility index (Phi) is 8.78. The van der Waals surface area contributed by atoms with Crippen molar-refractivity contribution in [1.29, 1.82) is 0 Å². The van der Waals surface area contributed by atoms with E-state index in [1.54, 1.807) is 42.5 Å². The second kappa shape index (κ2) is 11.6. The minimum atomic E-state index is -1.01. The first-order valence-electron chi connectivity index (χ1n) is 9.70. The molecule has 1 fully saturated rings. The number of anilines is 1. The molecule has 12 heteroatoms. The predicted octanol–water partition coefficient (Wildman–Crippen LogP) is 4.70. The van der Waals surface area contributed by atoms with Gasteiger partial charge in [0.1, 0.15) is 4.32 Å². The first-order valence-corrected chi connectivity index (χ1v) is 11.7. The van der Waals surface area contributed by atoms with Crippen LogP contribution in [-0.4, -0.2) is 52.4 Å². The van der Waals surface area contributed by atoms with E-state index < -0.39 is 11.9 Å². The molecule has 0 atom stereocenters. The van der Waals surface area contributed by atoms with Crippen LogP contribution in [0.5, 0.6) is 11.5 Å². The maximum Gasteiger partial charge on any atom is 0.305 e. The number of rotatable bonds is 9. The molecule has 0 aliphatic carbocycles. The van der Waals surface area contributed by atoms with Crippen LogP contribution in [-0.2, 0) is 14.4 Å². The molecule has 0 radical (unpaired) electrons. The Balaban J connectivity index is 1.66. The second-order valence-corrected chi connectivity index (χ2v) is 9.43. The maximum atomic E-state index is 12.6. The minimum Gasteiger partial charge on any atom is -0.493 e. The fourth-order valence-corrected chi connectivity index (χ4v) is 4.75. The van der Waals surface area contributed by atoms with Crippen LogP contribution in [0.4, 0.5) is 5.69 Å². The van der Waals surface area contributed by atoms with Crippen molar-refractivity contribution in [2.45, 2.75) is 6.42 Å². The van der Waals surface area contributed by atoms with Gasteiger partial charge < -0.3 is 19.9 Å². The van der Waals surface area contributed by atoms with Crippen molar-refractivity contribution in [2.24, 2.45) is 0 Å². The zero-order valence-corrected chi connectivity index (χ0v) is 20.8. The highest BCUT2D eigenvalue weighted by Gasteiger charge is 2.32. The number of carboxylic acid groups (broad SMARTS) is 1. The number of carbonyl (C=O) groups excluding carboxylic acids is 2. The van der Waals surface area contributed by atoms with Gasteiger partial charge in [-0.15, -0.1) is 0 Å². The SMILES string of the molecule is COc1cc(/C=C2\SC(=S)N(CCC(=O)O)C2=O)ccc1OCC(=O)Nc1cc(Cl)cc(Cl)c1. The number of halogens is 2. The number of carboxylic acids is 1. The second-order valence-electron chi connectivity index (χ2n) is 6.88. The molecule has 1 heterocycles. The Morgan fingerprint density at radius 3 is 2.53 bits per heavy atom. The summed E-state index contributed by atoms with van der Waals surface area (Å²) in [6, 6.07) is 9.62. The first kappa shape index (κ1) is 25.8. The lowest BCUT2D eigenvalue weighted by Gasteiger charge is -2.12. The Morgan fingerprint density at radius 1 is 1.18 bits per heavy atom. The summed E-state index contributed by atoms with van der Waals surface area (Å²) in [5.74, 6) is -1.10. The normalized spacial score (nSPS) is 14.4. The molecule has 1 aliphatic heterocycles. The quantitative estimate of drug-likeness (QED) is 0.348. The number of methoxy groups -OCH3 is 1. The number of nitrogens with one attached hydrogen (secondary N) is 1. The van der Waals surface area contributed by atoms with Crippen LogP contribution >= 0.6 is 47.2 Å². The van der Waals surface area contributed by atoms with Gasteiger partial charge in [0.05, 0.1) is 18.4 Å². The van der Waals surface area contributed by atoms with Crippen LogP contribution in [0.15, 0.2) is 41.3 Å². The van der Waals surface area contributed by atoms with E-state index in [2.05, 4.69) is 5.32 Å². The molecule has 0 aromatic heterocycles. The minimum absolute atomic E-state index is 0.0108. The van der Waals surface area contributed by atoms with E-state index in [-0.39, 0.29) is 25.5 Å². The third-order valence-corrected chi connectivity index (χ3v) is 6.23. The van der Waals surface area contributed by atoms with Gasteiger partial charge in [0.2, 0.25) is 0 Å². The van der Waals surface area contributed by atoms with E-state index in [0.29, 0.717) is 42.0 Å². The summed E-state index contributed by atoms with van der Waals surface area (Å²) in [4.78, 5) is 37.2. The van der Waals surface area contributed by atoms with E-state index in [9.17, 15) is 14.4 Å². The average molecular weight is 541 g/mol. The number of aliphatic carboxylic acids is 1. The van der Waals surface area contributed by atoms with Gasteiger partial charge in [-0.05, 0) is 42.0 Å². The molecule has 0 unspecified atom stereocenters. The summed E-state index contributed by atoms with van der Waals surface area (Å²) >= 11 is 18.1. The third kappa shape index (κ3) is 6.86. The van der Waals surface area contributed by atoms with E-state index in [0.717, 1.165) is 11.8 Å². The van der Waals surface area contributed by atoms with Crippen LogP contribution in [0.1, 0.15) is 12.0 Å². The molecule has 0 bridgehead atoms. The molecule has 3 rings (SSSR count). The lowest BCUT2D eigenvalue weighted by atomic mass is 10.2. The lowest BCUT2D eigenvalue weighted by molar-refractivity contribution is -0.137. The molecule has 0 saturated carbocycles. The van der Waals surface area contributed by atoms with Crippen LogP contribution in [0.25, 0.3) is 6.08 Å². The molecule has 2 aromatic rings. The van der Waals surface area contributed by atoms with Gasteiger partial charge in [0.15, 0.2) is 18.1 Å². The number of thioether (sulfide) groups is 1. The smallest absolute Gasteiger partial charge is 0.305 e. The van der Waals surface area contributed by atoms with Gasteiger partial charge in [-0.3, -0.25) is 19.3 Å². The van der Waals surface area contributed by atoms with Crippen LogP contribution in [0, 0.1) is 0 Å². The standard InChI is InChI=1S/C22H18Cl2N2O6S2/c1-31-17-6-12(7-18-21(30)26(22(33)34-18)5-4-20(28)29)2-3-16(17)32-11-19(27)25-15-9-13(23)8-14(24)10-15/h2-3,6-10H,4-5,11H2,1H3,(H,25,27)(H,28,29)/b18-7-. The summed E-state index contributed by atoms with van der Waals surface area (Å²) in [6.07, 6.45) is 1.43. The van der Waals surface area contributed by atoms with Crippen molar-refractivity contribution >= 4 is 81.0 Å². The molecule has 2 N–H and O–H groups in total. The number of hydrogen-bond acceptors (Lipinski definition) is 7. The summed E-state index contributed by atoms with van der Waals surface area (Å²) < 4.78 is 11.2. The van der Waals surface area contributed by atoms with E-state index >= 15 is 0 Å².